The molecule has 1 amide bonds. The fourth-order valence-corrected chi connectivity index (χ4v) is 4.67. The Morgan fingerprint density at radius 2 is 1.64 bits per heavy atom. The second-order valence-corrected chi connectivity index (χ2v) is 8.27. The minimum absolute atomic E-state index is 0.117. The van der Waals surface area contributed by atoms with Crippen LogP contribution < -0.4 is 9.62 Å². The molecule has 1 aliphatic heterocycles. The lowest BCUT2D eigenvalue weighted by Crippen LogP contribution is -2.23. The highest BCUT2D eigenvalue weighted by Crippen LogP contribution is 2.27. The lowest BCUT2D eigenvalue weighted by Gasteiger charge is -2.16. The van der Waals surface area contributed by atoms with Crippen LogP contribution in [0.15, 0.2) is 47.4 Å². The summed E-state index contributed by atoms with van der Waals surface area (Å²) in [6.45, 7) is 0.721. The Labute approximate surface area is 147 Å². The molecule has 1 fully saturated rings. The van der Waals surface area contributed by atoms with Crippen LogP contribution in [-0.4, -0.2) is 20.9 Å². The molecule has 1 saturated heterocycles. The fraction of sp³-hybridized carbons (Fsp3) is 0.316. The molecule has 1 N–H and O–H groups in total. The molecule has 2 aromatic carbocycles. The highest BCUT2D eigenvalue weighted by molar-refractivity contribution is 7.92. The number of hydrogen-bond acceptors (Lipinski definition) is 3. The van der Waals surface area contributed by atoms with Crippen molar-refractivity contribution in [2.45, 2.75) is 37.0 Å². The van der Waals surface area contributed by atoms with Crippen LogP contribution in [0.4, 0.5) is 11.4 Å². The van der Waals surface area contributed by atoms with Crippen molar-refractivity contribution in [2.24, 2.45) is 0 Å². The Bertz CT molecular complexity index is 920. The molecule has 2 aromatic rings. The molecule has 0 bridgehead atoms. The Kier molecular flexibility index (Phi) is 4.00. The van der Waals surface area contributed by atoms with Gasteiger partial charge in [-0.1, -0.05) is 6.07 Å². The summed E-state index contributed by atoms with van der Waals surface area (Å²) >= 11 is 0. The van der Waals surface area contributed by atoms with Gasteiger partial charge < -0.3 is 4.90 Å². The SMILES string of the molecule is O=C1CCCN1c1ccc(NS(=O)(=O)c2ccc3c(c2)CCC3)cc1. The molecule has 1 heterocycles. The number of amides is 1. The van der Waals surface area contributed by atoms with Gasteiger partial charge in [-0.2, -0.15) is 0 Å². The molecule has 0 unspecified atom stereocenters. The van der Waals surface area contributed by atoms with E-state index in [0.717, 1.165) is 43.5 Å². The largest absolute Gasteiger partial charge is 0.312 e. The number of rotatable bonds is 4. The molecule has 0 atom stereocenters. The first-order valence-corrected chi connectivity index (χ1v) is 10.1. The lowest BCUT2D eigenvalue weighted by atomic mass is 10.1. The van der Waals surface area contributed by atoms with Crippen molar-refractivity contribution in [3.05, 3.63) is 53.6 Å². The van der Waals surface area contributed by atoms with Gasteiger partial charge in [0.05, 0.1) is 4.90 Å². The summed E-state index contributed by atoms with van der Waals surface area (Å²) in [4.78, 5) is 13.8. The maximum Gasteiger partial charge on any atom is 0.261 e. The summed E-state index contributed by atoms with van der Waals surface area (Å²) in [6.07, 6.45) is 4.50. The number of fused-ring (bicyclic) bond motifs is 1. The molecule has 130 valence electrons. The van der Waals surface area contributed by atoms with Gasteiger partial charge in [0.2, 0.25) is 5.91 Å². The summed E-state index contributed by atoms with van der Waals surface area (Å²) in [5, 5.41) is 0. The maximum atomic E-state index is 12.6. The van der Waals surface area contributed by atoms with Crippen LogP contribution in [0.3, 0.4) is 0 Å². The van der Waals surface area contributed by atoms with Crippen LogP contribution in [0.1, 0.15) is 30.4 Å². The molecular weight excluding hydrogens is 336 g/mol. The van der Waals surface area contributed by atoms with E-state index in [9.17, 15) is 13.2 Å². The molecule has 0 radical (unpaired) electrons. The Balaban J connectivity index is 1.53. The minimum Gasteiger partial charge on any atom is -0.312 e. The van der Waals surface area contributed by atoms with Gasteiger partial charge in [0.15, 0.2) is 0 Å². The summed E-state index contributed by atoms with van der Waals surface area (Å²) < 4.78 is 27.9. The zero-order valence-corrected chi connectivity index (χ0v) is 14.7. The number of nitrogens with zero attached hydrogens (tertiary/aromatic N) is 1. The van der Waals surface area contributed by atoms with E-state index < -0.39 is 10.0 Å². The predicted octanol–water partition coefficient (Wildman–Crippen LogP) is 3.10. The summed E-state index contributed by atoms with van der Waals surface area (Å²) in [5.41, 5.74) is 3.68. The normalized spacial score (nSPS) is 17.0. The van der Waals surface area contributed by atoms with Crippen LogP contribution >= 0.6 is 0 Å². The Morgan fingerprint density at radius 1 is 0.880 bits per heavy atom. The van der Waals surface area contributed by atoms with E-state index in [1.807, 2.05) is 6.07 Å². The number of aryl methyl sites for hydroxylation is 2. The highest BCUT2D eigenvalue weighted by Gasteiger charge is 2.22. The lowest BCUT2D eigenvalue weighted by molar-refractivity contribution is -0.117. The number of benzene rings is 2. The zero-order valence-electron chi connectivity index (χ0n) is 13.9. The van der Waals surface area contributed by atoms with E-state index in [1.165, 1.54) is 5.56 Å². The number of sulfonamides is 1. The van der Waals surface area contributed by atoms with Crippen molar-refractivity contribution in [1.29, 1.82) is 0 Å². The van der Waals surface area contributed by atoms with Crippen molar-refractivity contribution in [2.75, 3.05) is 16.2 Å². The summed E-state index contributed by atoms with van der Waals surface area (Å²) in [5.74, 6) is 0.117. The van der Waals surface area contributed by atoms with E-state index >= 15 is 0 Å². The van der Waals surface area contributed by atoms with Crippen LogP contribution in [0.5, 0.6) is 0 Å². The molecule has 4 rings (SSSR count). The van der Waals surface area contributed by atoms with Crippen molar-refractivity contribution >= 4 is 27.3 Å². The number of carbonyl (C=O) groups excluding carboxylic acids is 1. The molecule has 25 heavy (non-hydrogen) atoms. The fourth-order valence-electron chi connectivity index (χ4n) is 3.56. The quantitative estimate of drug-likeness (QED) is 0.915. The van der Waals surface area contributed by atoms with Crippen molar-refractivity contribution in [1.82, 2.24) is 0 Å². The van der Waals surface area contributed by atoms with Gasteiger partial charge in [-0.25, -0.2) is 8.42 Å². The first-order valence-electron chi connectivity index (χ1n) is 8.58. The number of nitrogens with one attached hydrogen (secondary N) is 1. The molecule has 2 aliphatic rings. The third kappa shape index (κ3) is 3.14. The predicted molar refractivity (Wildman–Crippen MR) is 97.3 cm³/mol. The first kappa shape index (κ1) is 16.1. The second-order valence-electron chi connectivity index (χ2n) is 6.59. The Hall–Kier alpha value is -2.34. The van der Waals surface area contributed by atoms with Crippen LogP contribution in [0, 0.1) is 0 Å². The van der Waals surface area contributed by atoms with Gasteiger partial charge in [-0.05, 0) is 73.2 Å². The molecule has 0 spiro atoms. The zero-order chi connectivity index (χ0) is 17.4. The summed E-state index contributed by atoms with van der Waals surface area (Å²) in [6, 6.07) is 12.3. The average molecular weight is 356 g/mol. The maximum absolute atomic E-state index is 12.6. The summed E-state index contributed by atoms with van der Waals surface area (Å²) in [7, 11) is -3.61. The monoisotopic (exact) mass is 356 g/mol. The van der Waals surface area contributed by atoms with Gasteiger partial charge in [0.25, 0.3) is 10.0 Å². The average Bonchev–Trinajstić information content (AvgIpc) is 3.23. The third-order valence-corrected chi connectivity index (χ3v) is 6.26. The van der Waals surface area contributed by atoms with Crippen molar-refractivity contribution < 1.29 is 13.2 Å². The van der Waals surface area contributed by atoms with Gasteiger partial charge in [0.1, 0.15) is 0 Å². The van der Waals surface area contributed by atoms with Crippen molar-refractivity contribution in [3.63, 3.8) is 0 Å². The number of anilines is 2. The van der Waals surface area contributed by atoms with Crippen LogP contribution in [-0.2, 0) is 27.7 Å². The third-order valence-electron chi connectivity index (χ3n) is 4.88. The minimum atomic E-state index is -3.61. The van der Waals surface area contributed by atoms with Crippen molar-refractivity contribution in [3.8, 4) is 0 Å². The molecule has 6 heteroatoms. The smallest absolute Gasteiger partial charge is 0.261 e. The van der Waals surface area contributed by atoms with E-state index in [-0.39, 0.29) is 5.91 Å². The highest BCUT2D eigenvalue weighted by atomic mass is 32.2. The molecule has 0 aromatic heterocycles. The number of hydrogen-bond donors (Lipinski definition) is 1. The Morgan fingerprint density at radius 3 is 2.36 bits per heavy atom. The molecule has 1 aliphatic carbocycles. The second kappa shape index (κ2) is 6.19. The van der Waals surface area contributed by atoms with Gasteiger partial charge in [0, 0.05) is 24.3 Å². The van der Waals surface area contributed by atoms with Gasteiger partial charge in [-0.15, -0.1) is 0 Å². The molecular formula is C19H20N2O3S. The molecule has 0 saturated carbocycles. The molecule has 5 nitrogen and oxygen atoms in total. The van der Waals surface area contributed by atoms with Crippen LogP contribution in [0.2, 0.25) is 0 Å². The van der Waals surface area contributed by atoms with E-state index in [4.69, 9.17) is 0 Å². The van der Waals surface area contributed by atoms with E-state index in [1.54, 1.807) is 41.3 Å². The number of carbonyl (C=O) groups is 1. The standard InChI is InChI=1S/C19H20N2O3S/c22-19-5-2-12-21(19)17-9-7-16(8-10-17)20-25(23,24)18-11-6-14-3-1-4-15(14)13-18/h6-11,13,20H,1-5,12H2. The van der Waals surface area contributed by atoms with Crippen LogP contribution in [0.25, 0.3) is 0 Å². The topological polar surface area (TPSA) is 66.5 Å². The van der Waals surface area contributed by atoms with Gasteiger partial charge in [-0.3, -0.25) is 9.52 Å². The van der Waals surface area contributed by atoms with E-state index in [0.29, 0.717) is 17.0 Å². The van der Waals surface area contributed by atoms with Gasteiger partial charge >= 0.3 is 0 Å². The van der Waals surface area contributed by atoms with E-state index in [2.05, 4.69) is 4.72 Å². The first-order chi connectivity index (χ1) is 12.0.